The fraction of sp³-hybridized carbons (Fsp3) is 0.273. The maximum atomic E-state index is 12.5. The number of carbonyl (C=O) groups is 2. The molecule has 5 heteroatoms. The van der Waals surface area contributed by atoms with E-state index >= 15 is 0 Å². The number of ether oxygens (including phenoxy) is 1. The van der Waals surface area contributed by atoms with Crippen LogP contribution in [0.2, 0.25) is 0 Å². The average Bonchev–Trinajstić information content (AvgIpc) is 2.25. The Morgan fingerprint density at radius 3 is 2.38 bits per heavy atom. The summed E-state index contributed by atoms with van der Waals surface area (Å²) in [6.45, 7) is 0.0265. The van der Waals surface area contributed by atoms with Crippen molar-refractivity contribution in [2.24, 2.45) is 0 Å². The van der Waals surface area contributed by atoms with Crippen LogP contribution in [0.4, 0.5) is 4.39 Å². The molecule has 0 atom stereocenters. The van der Waals surface area contributed by atoms with Gasteiger partial charge < -0.3 is 9.84 Å². The van der Waals surface area contributed by atoms with Gasteiger partial charge in [0.05, 0.1) is 12.8 Å². The molecule has 1 rings (SSSR count). The van der Waals surface area contributed by atoms with Crippen LogP contribution in [-0.2, 0) is 20.9 Å². The Hall–Kier alpha value is -1.91. The maximum absolute atomic E-state index is 12.5. The zero-order chi connectivity index (χ0) is 12.0. The van der Waals surface area contributed by atoms with E-state index in [1.54, 1.807) is 0 Å². The lowest BCUT2D eigenvalue weighted by molar-refractivity contribution is -0.148. The molecular formula is C11H11FO4. The molecule has 4 nitrogen and oxygen atoms in total. The van der Waals surface area contributed by atoms with Crippen LogP contribution in [0.15, 0.2) is 24.3 Å². The highest BCUT2D eigenvalue weighted by molar-refractivity contribution is 5.76. The summed E-state index contributed by atoms with van der Waals surface area (Å²) >= 11 is 0. The van der Waals surface area contributed by atoms with Crippen LogP contribution in [0, 0.1) is 5.82 Å². The molecule has 0 heterocycles. The number of benzene rings is 1. The van der Waals surface area contributed by atoms with E-state index in [9.17, 15) is 14.0 Å². The molecule has 0 aliphatic rings. The van der Waals surface area contributed by atoms with Gasteiger partial charge in [-0.15, -0.1) is 0 Å². The van der Waals surface area contributed by atoms with E-state index in [-0.39, 0.29) is 25.3 Å². The molecule has 0 bridgehead atoms. The van der Waals surface area contributed by atoms with Gasteiger partial charge in [0.15, 0.2) is 0 Å². The molecule has 0 aliphatic carbocycles. The van der Waals surface area contributed by atoms with Crippen LogP contribution in [0.5, 0.6) is 0 Å². The molecule has 0 spiro atoms. The predicted molar refractivity (Wildman–Crippen MR) is 53.1 cm³/mol. The zero-order valence-electron chi connectivity index (χ0n) is 8.48. The molecule has 0 aliphatic heterocycles. The van der Waals surface area contributed by atoms with Crippen molar-refractivity contribution < 1.29 is 23.8 Å². The molecule has 1 aromatic rings. The van der Waals surface area contributed by atoms with Gasteiger partial charge in [-0.1, -0.05) is 12.1 Å². The first-order valence-electron chi connectivity index (χ1n) is 4.70. The SMILES string of the molecule is O=C(O)CCC(=O)OCc1ccc(F)cc1. The van der Waals surface area contributed by atoms with Crippen LogP contribution in [-0.4, -0.2) is 17.0 Å². The highest BCUT2D eigenvalue weighted by Gasteiger charge is 2.06. The summed E-state index contributed by atoms with van der Waals surface area (Å²) < 4.78 is 17.3. The number of rotatable bonds is 5. The Balaban J connectivity index is 2.31. The Bertz CT molecular complexity index is 372. The van der Waals surface area contributed by atoms with Crippen molar-refractivity contribution in [3.63, 3.8) is 0 Å². The topological polar surface area (TPSA) is 63.6 Å². The summed E-state index contributed by atoms with van der Waals surface area (Å²) in [5.74, 6) is -1.98. The Morgan fingerprint density at radius 1 is 1.19 bits per heavy atom. The molecular weight excluding hydrogens is 215 g/mol. The number of esters is 1. The number of carbonyl (C=O) groups excluding carboxylic acids is 1. The lowest BCUT2D eigenvalue weighted by Crippen LogP contribution is -2.07. The summed E-state index contributed by atoms with van der Waals surface area (Å²) in [6.07, 6.45) is -0.404. The van der Waals surface area contributed by atoms with Crippen LogP contribution in [0.1, 0.15) is 18.4 Å². The first-order chi connectivity index (χ1) is 7.58. The summed E-state index contributed by atoms with van der Waals surface area (Å²) in [7, 11) is 0. The second-order valence-electron chi connectivity index (χ2n) is 3.18. The minimum absolute atomic E-state index is 0.0265. The van der Waals surface area contributed by atoms with Crippen molar-refractivity contribution in [2.45, 2.75) is 19.4 Å². The standard InChI is InChI=1S/C11H11FO4/c12-9-3-1-8(2-4-9)7-16-11(15)6-5-10(13)14/h1-4H,5-7H2,(H,13,14). The molecule has 16 heavy (non-hydrogen) atoms. The van der Waals surface area contributed by atoms with Gasteiger partial charge in [0.25, 0.3) is 0 Å². The van der Waals surface area contributed by atoms with Gasteiger partial charge in [-0.05, 0) is 17.7 Å². The van der Waals surface area contributed by atoms with Gasteiger partial charge in [0, 0.05) is 0 Å². The van der Waals surface area contributed by atoms with Crippen molar-refractivity contribution in [1.82, 2.24) is 0 Å². The van der Waals surface area contributed by atoms with Gasteiger partial charge in [0.2, 0.25) is 0 Å². The van der Waals surface area contributed by atoms with Crippen LogP contribution in [0.3, 0.4) is 0 Å². The quantitative estimate of drug-likeness (QED) is 0.776. The smallest absolute Gasteiger partial charge is 0.306 e. The minimum Gasteiger partial charge on any atom is -0.481 e. The molecule has 0 amide bonds. The van der Waals surface area contributed by atoms with E-state index in [1.807, 2.05) is 0 Å². The molecule has 1 aromatic carbocycles. The number of carboxylic acid groups (broad SMARTS) is 1. The van der Waals surface area contributed by atoms with Gasteiger partial charge in [0.1, 0.15) is 12.4 Å². The fourth-order valence-electron chi connectivity index (χ4n) is 1.03. The predicted octanol–water partition coefficient (Wildman–Crippen LogP) is 1.73. The zero-order valence-corrected chi connectivity index (χ0v) is 8.48. The van der Waals surface area contributed by atoms with E-state index in [2.05, 4.69) is 0 Å². The Morgan fingerprint density at radius 2 is 1.81 bits per heavy atom. The van der Waals surface area contributed by atoms with Crippen molar-refractivity contribution in [1.29, 1.82) is 0 Å². The summed E-state index contributed by atoms with van der Waals surface area (Å²) in [5, 5.41) is 8.33. The highest BCUT2D eigenvalue weighted by Crippen LogP contribution is 2.05. The molecule has 1 N–H and O–H groups in total. The van der Waals surface area contributed by atoms with Crippen molar-refractivity contribution >= 4 is 11.9 Å². The van der Waals surface area contributed by atoms with Crippen molar-refractivity contribution in [3.05, 3.63) is 35.6 Å². The molecule has 0 saturated carbocycles. The normalized spacial score (nSPS) is 9.81. The highest BCUT2D eigenvalue weighted by atomic mass is 19.1. The number of aliphatic carboxylic acids is 1. The van der Waals surface area contributed by atoms with Crippen LogP contribution in [0.25, 0.3) is 0 Å². The van der Waals surface area contributed by atoms with E-state index in [4.69, 9.17) is 9.84 Å². The van der Waals surface area contributed by atoms with Crippen molar-refractivity contribution in [3.8, 4) is 0 Å². The molecule has 0 unspecified atom stereocenters. The van der Waals surface area contributed by atoms with Gasteiger partial charge in [-0.2, -0.15) is 0 Å². The van der Waals surface area contributed by atoms with E-state index in [0.29, 0.717) is 5.56 Å². The Labute approximate surface area is 91.7 Å². The first-order valence-corrected chi connectivity index (χ1v) is 4.70. The second kappa shape index (κ2) is 5.85. The monoisotopic (exact) mass is 226 g/mol. The van der Waals surface area contributed by atoms with Crippen molar-refractivity contribution in [2.75, 3.05) is 0 Å². The molecule has 0 radical (unpaired) electrons. The molecule has 0 saturated heterocycles. The van der Waals surface area contributed by atoms with Gasteiger partial charge in [-0.25, -0.2) is 4.39 Å². The largest absolute Gasteiger partial charge is 0.481 e. The summed E-state index contributed by atoms with van der Waals surface area (Å²) in [4.78, 5) is 21.2. The van der Waals surface area contributed by atoms with Crippen LogP contribution < -0.4 is 0 Å². The third-order valence-electron chi connectivity index (χ3n) is 1.86. The number of hydrogen-bond acceptors (Lipinski definition) is 3. The molecule has 0 aromatic heterocycles. The third-order valence-corrected chi connectivity index (χ3v) is 1.86. The van der Waals surface area contributed by atoms with Crippen LogP contribution >= 0.6 is 0 Å². The maximum Gasteiger partial charge on any atom is 0.306 e. The van der Waals surface area contributed by atoms with Gasteiger partial charge >= 0.3 is 11.9 Å². The third kappa shape index (κ3) is 4.54. The number of halogens is 1. The lowest BCUT2D eigenvalue weighted by atomic mass is 10.2. The van der Waals surface area contributed by atoms with E-state index in [1.165, 1.54) is 24.3 Å². The summed E-state index contributed by atoms with van der Waals surface area (Å²) in [6, 6.07) is 5.53. The van der Waals surface area contributed by atoms with E-state index < -0.39 is 11.9 Å². The fourth-order valence-corrected chi connectivity index (χ4v) is 1.03. The van der Waals surface area contributed by atoms with E-state index in [0.717, 1.165) is 0 Å². The average molecular weight is 226 g/mol. The minimum atomic E-state index is -1.04. The Kier molecular flexibility index (Phi) is 4.44. The molecule has 86 valence electrons. The lowest BCUT2D eigenvalue weighted by Gasteiger charge is -2.03. The second-order valence-corrected chi connectivity index (χ2v) is 3.18. The first kappa shape index (κ1) is 12.2. The number of carboxylic acids is 1. The number of hydrogen-bond donors (Lipinski definition) is 1. The summed E-state index contributed by atoms with van der Waals surface area (Å²) in [5.41, 5.74) is 0.657. The van der Waals surface area contributed by atoms with Gasteiger partial charge in [-0.3, -0.25) is 9.59 Å². The molecule has 0 fully saturated rings.